The van der Waals surface area contributed by atoms with E-state index in [0.717, 1.165) is 0 Å². The predicted octanol–water partition coefficient (Wildman–Crippen LogP) is 2.68. The van der Waals surface area contributed by atoms with Crippen molar-refractivity contribution in [3.63, 3.8) is 0 Å². The lowest BCUT2D eigenvalue weighted by Crippen LogP contribution is -2.06. The molecule has 0 bridgehead atoms. The SMILES string of the molecule is CCOc1ccc(C2=N/C(=C/c3csnn3)C(=O)O2)cc1OCC. The molecule has 2 aromatic rings. The summed E-state index contributed by atoms with van der Waals surface area (Å²) >= 11 is 1.20. The molecule has 8 heteroatoms. The zero-order valence-electron chi connectivity index (χ0n) is 13.2. The number of rotatable bonds is 6. The number of carbonyl (C=O) groups is 1. The van der Waals surface area contributed by atoms with Crippen LogP contribution in [0.15, 0.2) is 34.3 Å². The number of hydrogen-bond donors (Lipinski definition) is 0. The zero-order chi connectivity index (χ0) is 16.9. The van der Waals surface area contributed by atoms with Gasteiger partial charge in [0.15, 0.2) is 17.2 Å². The molecule has 0 saturated heterocycles. The third kappa shape index (κ3) is 3.43. The molecule has 0 fully saturated rings. The Balaban J connectivity index is 1.91. The molecule has 7 nitrogen and oxygen atoms in total. The minimum atomic E-state index is -0.523. The van der Waals surface area contributed by atoms with E-state index in [1.165, 1.54) is 17.6 Å². The molecule has 0 saturated carbocycles. The van der Waals surface area contributed by atoms with Gasteiger partial charge in [-0.3, -0.25) is 0 Å². The molecule has 3 rings (SSSR count). The van der Waals surface area contributed by atoms with Crippen molar-refractivity contribution in [2.24, 2.45) is 4.99 Å². The van der Waals surface area contributed by atoms with Gasteiger partial charge in [-0.15, -0.1) is 5.10 Å². The summed E-state index contributed by atoms with van der Waals surface area (Å²) in [5, 5.41) is 5.58. The fraction of sp³-hybridized carbons (Fsp3) is 0.250. The van der Waals surface area contributed by atoms with Crippen LogP contribution in [0.2, 0.25) is 0 Å². The van der Waals surface area contributed by atoms with Crippen molar-refractivity contribution in [1.82, 2.24) is 9.59 Å². The van der Waals surface area contributed by atoms with Crippen molar-refractivity contribution >= 4 is 29.5 Å². The highest BCUT2D eigenvalue weighted by Gasteiger charge is 2.25. The molecule has 0 aliphatic carbocycles. The fourth-order valence-electron chi connectivity index (χ4n) is 2.09. The van der Waals surface area contributed by atoms with E-state index in [2.05, 4.69) is 14.6 Å². The number of esters is 1. The minimum Gasteiger partial charge on any atom is -0.490 e. The fourth-order valence-corrected chi connectivity index (χ4v) is 2.50. The third-order valence-electron chi connectivity index (χ3n) is 3.07. The van der Waals surface area contributed by atoms with Gasteiger partial charge in [0.05, 0.1) is 13.2 Å². The van der Waals surface area contributed by atoms with Crippen LogP contribution in [0.1, 0.15) is 25.1 Å². The van der Waals surface area contributed by atoms with Crippen LogP contribution in [0.5, 0.6) is 11.5 Å². The van der Waals surface area contributed by atoms with Crippen LogP contribution in [0.3, 0.4) is 0 Å². The summed E-state index contributed by atoms with van der Waals surface area (Å²) in [5.74, 6) is 0.914. The van der Waals surface area contributed by atoms with Crippen molar-refractivity contribution < 1.29 is 19.0 Å². The molecule has 0 spiro atoms. The van der Waals surface area contributed by atoms with Gasteiger partial charge in [0.2, 0.25) is 5.90 Å². The number of carbonyl (C=O) groups excluding carboxylic acids is 1. The number of aliphatic imine (C=N–C) groups is 1. The van der Waals surface area contributed by atoms with E-state index in [0.29, 0.717) is 36.0 Å². The van der Waals surface area contributed by atoms with Gasteiger partial charge in [0, 0.05) is 10.9 Å². The zero-order valence-corrected chi connectivity index (χ0v) is 14.0. The Morgan fingerprint density at radius 3 is 2.71 bits per heavy atom. The first-order chi connectivity index (χ1) is 11.7. The summed E-state index contributed by atoms with van der Waals surface area (Å²) < 4.78 is 20.1. The van der Waals surface area contributed by atoms with E-state index in [1.54, 1.807) is 23.6 Å². The van der Waals surface area contributed by atoms with Gasteiger partial charge in [0.25, 0.3) is 0 Å². The average Bonchev–Trinajstić information content (AvgIpc) is 3.20. The number of nitrogens with zero attached hydrogens (tertiary/aromatic N) is 3. The van der Waals surface area contributed by atoms with E-state index in [1.807, 2.05) is 13.8 Å². The summed E-state index contributed by atoms with van der Waals surface area (Å²) in [5.41, 5.74) is 1.39. The average molecular weight is 345 g/mol. The van der Waals surface area contributed by atoms with E-state index >= 15 is 0 Å². The number of aromatic nitrogens is 2. The topological polar surface area (TPSA) is 82.9 Å². The Hall–Kier alpha value is -2.74. The molecule has 0 unspecified atom stereocenters. The minimum absolute atomic E-state index is 0.185. The maximum absolute atomic E-state index is 12.0. The maximum atomic E-state index is 12.0. The Bertz CT molecular complexity index is 800. The Kier molecular flexibility index (Phi) is 4.85. The molecule has 0 amide bonds. The van der Waals surface area contributed by atoms with Gasteiger partial charge in [0.1, 0.15) is 5.69 Å². The van der Waals surface area contributed by atoms with Gasteiger partial charge < -0.3 is 14.2 Å². The number of hydrogen-bond acceptors (Lipinski definition) is 8. The molecule has 0 radical (unpaired) electrons. The second-order valence-electron chi connectivity index (χ2n) is 4.69. The lowest BCUT2D eigenvalue weighted by molar-refractivity contribution is -0.129. The van der Waals surface area contributed by atoms with Crippen molar-refractivity contribution in [1.29, 1.82) is 0 Å². The second kappa shape index (κ2) is 7.22. The molecule has 124 valence electrons. The summed E-state index contributed by atoms with van der Waals surface area (Å²) in [6, 6.07) is 5.28. The highest BCUT2D eigenvalue weighted by atomic mass is 32.1. The summed E-state index contributed by atoms with van der Waals surface area (Å²) in [6.07, 6.45) is 1.54. The van der Waals surface area contributed by atoms with Crippen molar-refractivity contribution in [3.8, 4) is 11.5 Å². The maximum Gasteiger partial charge on any atom is 0.363 e. The normalized spacial score (nSPS) is 15.3. The third-order valence-corrected chi connectivity index (χ3v) is 3.60. The van der Waals surface area contributed by atoms with E-state index in [9.17, 15) is 4.79 Å². The van der Waals surface area contributed by atoms with Gasteiger partial charge in [-0.25, -0.2) is 9.79 Å². The smallest absolute Gasteiger partial charge is 0.363 e. The summed E-state index contributed by atoms with van der Waals surface area (Å²) in [6.45, 7) is 4.82. The predicted molar refractivity (Wildman–Crippen MR) is 89.3 cm³/mol. The second-order valence-corrected chi connectivity index (χ2v) is 5.30. The molecule has 1 aliphatic heterocycles. The lowest BCUT2D eigenvalue weighted by Gasteiger charge is -2.11. The highest BCUT2D eigenvalue weighted by molar-refractivity contribution is 7.03. The van der Waals surface area contributed by atoms with Crippen molar-refractivity contribution in [3.05, 3.63) is 40.5 Å². The number of cyclic esters (lactones) is 1. The van der Waals surface area contributed by atoms with Crippen LogP contribution < -0.4 is 9.47 Å². The molecule has 2 heterocycles. The summed E-state index contributed by atoms with van der Waals surface area (Å²) in [4.78, 5) is 16.2. The van der Waals surface area contributed by atoms with Gasteiger partial charge in [-0.05, 0) is 49.7 Å². The largest absolute Gasteiger partial charge is 0.490 e. The standard InChI is InChI=1S/C16H15N3O4S/c1-3-21-13-6-5-10(7-14(13)22-4-2)15-17-12(16(20)23-15)8-11-9-24-19-18-11/h5-9H,3-4H2,1-2H3/b12-8+. The summed E-state index contributed by atoms with van der Waals surface area (Å²) in [7, 11) is 0. The van der Waals surface area contributed by atoms with Crippen LogP contribution in [-0.2, 0) is 9.53 Å². The molecule has 0 atom stereocenters. The molecule has 1 aromatic heterocycles. The van der Waals surface area contributed by atoms with E-state index in [-0.39, 0.29) is 11.6 Å². The van der Waals surface area contributed by atoms with Crippen LogP contribution in [0.4, 0.5) is 0 Å². The van der Waals surface area contributed by atoms with Crippen LogP contribution in [0.25, 0.3) is 6.08 Å². The Labute approximate surface area is 142 Å². The van der Waals surface area contributed by atoms with Crippen LogP contribution in [-0.4, -0.2) is 34.7 Å². The molecular formula is C16H15N3O4S. The van der Waals surface area contributed by atoms with E-state index < -0.39 is 5.97 Å². The quantitative estimate of drug-likeness (QED) is 0.591. The number of ether oxygens (including phenoxy) is 3. The lowest BCUT2D eigenvalue weighted by atomic mass is 10.2. The molecule has 24 heavy (non-hydrogen) atoms. The van der Waals surface area contributed by atoms with Gasteiger partial charge in [-0.2, -0.15) is 0 Å². The Morgan fingerprint density at radius 1 is 1.21 bits per heavy atom. The molecule has 1 aliphatic rings. The van der Waals surface area contributed by atoms with Crippen molar-refractivity contribution in [2.45, 2.75) is 13.8 Å². The number of benzene rings is 1. The Morgan fingerprint density at radius 2 is 2.00 bits per heavy atom. The highest BCUT2D eigenvalue weighted by Crippen LogP contribution is 2.30. The monoisotopic (exact) mass is 345 g/mol. The van der Waals surface area contributed by atoms with Gasteiger partial charge >= 0.3 is 5.97 Å². The van der Waals surface area contributed by atoms with Gasteiger partial charge in [-0.1, -0.05) is 4.49 Å². The van der Waals surface area contributed by atoms with E-state index in [4.69, 9.17) is 14.2 Å². The first-order valence-electron chi connectivity index (χ1n) is 7.41. The molecule has 1 aromatic carbocycles. The van der Waals surface area contributed by atoms with Crippen LogP contribution in [0, 0.1) is 0 Å². The first-order valence-corrected chi connectivity index (χ1v) is 8.24. The van der Waals surface area contributed by atoms with Crippen LogP contribution >= 0.6 is 11.5 Å². The van der Waals surface area contributed by atoms with Crippen molar-refractivity contribution in [2.75, 3.05) is 13.2 Å². The molecule has 0 N–H and O–H groups in total. The molecular weight excluding hydrogens is 330 g/mol. The first kappa shape index (κ1) is 16.1.